The molecule has 0 spiro atoms. The standard InChI is InChI=1S/C17H29NO.C2HF3O2/c1-2-18(15-9-10-16-19)14-8-4-7-13-17-11-5-3-6-12-17;3-2(4,5)1(6)7/h3,5-6,11-12,19H,2,4,7-10,13-16H2,1H3;(H,6,7). The maximum Gasteiger partial charge on any atom is 0.490 e. The number of aliphatic carboxylic acids is 1. The molecule has 0 aliphatic carbocycles. The topological polar surface area (TPSA) is 60.8 Å². The maximum atomic E-state index is 10.6. The van der Waals surface area contributed by atoms with E-state index in [0.717, 1.165) is 25.9 Å². The Labute approximate surface area is 153 Å². The monoisotopic (exact) mass is 377 g/mol. The SMILES string of the molecule is CCN(CCCCO)CCCCCc1ccccc1.O=C(O)C(F)(F)F. The van der Waals surface area contributed by atoms with Crippen LogP contribution in [0.15, 0.2) is 30.3 Å². The molecule has 0 amide bonds. The smallest absolute Gasteiger partial charge is 0.475 e. The number of rotatable bonds is 11. The second kappa shape index (κ2) is 14.6. The summed E-state index contributed by atoms with van der Waals surface area (Å²) in [5.41, 5.74) is 1.46. The summed E-state index contributed by atoms with van der Waals surface area (Å²) in [5.74, 6) is -2.76. The summed E-state index contributed by atoms with van der Waals surface area (Å²) >= 11 is 0. The third-order valence-corrected chi connectivity index (χ3v) is 3.85. The Balaban J connectivity index is 0.000000758. The highest BCUT2D eigenvalue weighted by molar-refractivity contribution is 5.73. The van der Waals surface area contributed by atoms with E-state index in [1.54, 1.807) is 0 Å². The predicted octanol–water partition coefficient (Wildman–Crippen LogP) is 4.13. The van der Waals surface area contributed by atoms with Crippen LogP contribution < -0.4 is 0 Å². The zero-order valence-corrected chi connectivity index (χ0v) is 15.3. The van der Waals surface area contributed by atoms with E-state index in [0.29, 0.717) is 6.61 Å². The molecular weight excluding hydrogens is 347 g/mol. The first-order valence-corrected chi connectivity index (χ1v) is 8.98. The van der Waals surface area contributed by atoms with Crippen molar-refractivity contribution in [3.8, 4) is 0 Å². The van der Waals surface area contributed by atoms with Crippen LogP contribution in [-0.4, -0.2) is 53.5 Å². The highest BCUT2D eigenvalue weighted by Gasteiger charge is 2.38. The van der Waals surface area contributed by atoms with E-state index in [1.807, 2.05) is 0 Å². The van der Waals surface area contributed by atoms with E-state index in [9.17, 15) is 13.2 Å². The highest BCUT2D eigenvalue weighted by atomic mass is 19.4. The van der Waals surface area contributed by atoms with Gasteiger partial charge in [0.15, 0.2) is 0 Å². The molecule has 1 rings (SSSR count). The van der Waals surface area contributed by atoms with Crippen molar-refractivity contribution in [1.29, 1.82) is 0 Å². The van der Waals surface area contributed by atoms with Gasteiger partial charge in [-0.25, -0.2) is 4.79 Å². The van der Waals surface area contributed by atoms with Gasteiger partial charge in [0.25, 0.3) is 0 Å². The number of nitrogens with zero attached hydrogens (tertiary/aromatic N) is 1. The van der Waals surface area contributed by atoms with Crippen molar-refractivity contribution in [1.82, 2.24) is 4.90 Å². The van der Waals surface area contributed by atoms with Gasteiger partial charge in [-0.1, -0.05) is 43.7 Å². The molecule has 0 fully saturated rings. The molecule has 1 aromatic carbocycles. The van der Waals surface area contributed by atoms with Crippen LogP contribution in [0.5, 0.6) is 0 Å². The molecule has 26 heavy (non-hydrogen) atoms. The molecule has 0 heterocycles. The third kappa shape index (κ3) is 13.7. The summed E-state index contributed by atoms with van der Waals surface area (Å²) in [7, 11) is 0. The van der Waals surface area contributed by atoms with E-state index in [2.05, 4.69) is 42.2 Å². The Bertz CT molecular complexity index is 467. The van der Waals surface area contributed by atoms with Gasteiger partial charge in [0.2, 0.25) is 0 Å². The Morgan fingerprint density at radius 1 is 1.00 bits per heavy atom. The number of hydrogen-bond donors (Lipinski definition) is 2. The van der Waals surface area contributed by atoms with Crippen LogP contribution >= 0.6 is 0 Å². The number of aliphatic hydroxyl groups excluding tert-OH is 1. The van der Waals surface area contributed by atoms with Crippen molar-refractivity contribution in [3.63, 3.8) is 0 Å². The average Bonchev–Trinajstić information content (AvgIpc) is 2.60. The van der Waals surface area contributed by atoms with Crippen molar-refractivity contribution in [2.75, 3.05) is 26.2 Å². The average molecular weight is 377 g/mol. The Kier molecular flexibility index (Phi) is 13.7. The number of unbranched alkanes of at least 4 members (excludes halogenated alkanes) is 3. The lowest BCUT2D eigenvalue weighted by molar-refractivity contribution is -0.192. The molecule has 0 radical (unpaired) electrons. The first kappa shape index (κ1) is 24.4. The van der Waals surface area contributed by atoms with Gasteiger partial charge in [-0.05, 0) is 57.3 Å². The molecule has 0 saturated carbocycles. The number of carboxylic acids is 1. The number of halogens is 3. The Hall–Kier alpha value is -1.60. The second-order valence-corrected chi connectivity index (χ2v) is 5.96. The first-order valence-electron chi connectivity index (χ1n) is 8.98. The van der Waals surface area contributed by atoms with E-state index in [4.69, 9.17) is 15.0 Å². The molecule has 150 valence electrons. The molecule has 1 aromatic rings. The lowest BCUT2D eigenvalue weighted by Crippen LogP contribution is -2.25. The number of carboxylic acid groups (broad SMARTS) is 1. The van der Waals surface area contributed by atoms with Gasteiger partial charge in [-0.15, -0.1) is 0 Å². The zero-order valence-electron chi connectivity index (χ0n) is 15.3. The van der Waals surface area contributed by atoms with Crippen LogP contribution in [0.4, 0.5) is 13.2 Å². The molecule has 0 aromatic heterocycles. The van der Waals surface area contributed by atoms with Gasteiger partial charge in [-0.3, -0.25) is 0 Å². The fourth-order valence-electron chi connectivity index (χ4n) is 2.36. The minimum absolute atomic E-state index is 0.328. The van der Waals surface area contributed by atoms with E-state index >= 15 is 0 Å². The molecule has 4 nitrogen and oxygen atoms in total. The molecule has 0 atom stereocenters. The number of aryl methyl sites for hydroxylation is 1. The number of aliphatic hydroxyl groups is 1. The van der Waals surface area contributed by atoms with Crippen LogP contribution in [0.3, 0.4) is 0 Å². The summed E-state index contributed by atoms with van der Waals surface area (Å²) < 4.78 is 31.7. The summed E-state index contributed by atoms with van der Waals surface area (Å²) in [4.78, 5) is 11.4. The molecule has 0 aliphatic rings. The lowest BCUT2D eigenvalue weighted by Gasteiger charge is -2.19. The van der Waals surface area contributed by atoms with Crippen LogP contribution in [0.25, 0.3) is 0 Å². The lowest BCUT2D eigenvalue weighted by atomic mass is 10.1. The number of carbonyl (C=O) groups is 1. The summed E-state index contributed by atoms with van der Waals surface area (Å²) in [6, 6.07) is 10.8. The molecule has 0 saturated heterocycles. The molecule has 2 N–H and O–H groups in total. The van der Waals surface area contributed by atoms with E-state index < -0.39 is 12.1 Å². The largest absolute Gasteiger partial charge is 0.490 e. The summed E-state index contributed by atoms with van der Waals surface area (Å²) in [6.07, 6.45) is 2.07. The van der Waals surface area contributed by atoms with Crippen molar-refractivity contribution in [3.05, 3.63) is 35.9 Å². The Morgan fingerprint density at radius 3 is 2.00 bits per heavy atom. The fourth-order valence-corrected chi connectivity index (χ4v) is 2.36. The molecule has 0 unspecified atom stereocenters. The third-order valence-electron chi connectivity index (χ3n) is 3.85. The van der Waals surface area contributed by atoms with Crippen LogP contribution in [0.1, 0.15) is 44.6 Å². The number of alkyl halides is 3. The summed E-state index contributed by atoms with van der Waals surface area (Å²) in [5, 5.41) is 15.9. The quantitative estimate of drug-likeness (QED) is 0.570. The van der Waals surface area contributed by atoms with Gasteiger partial charge in [0.05, 0.1) is 0 Å². The van der Waals surface area contributed by atoms with Gasteiger partial charge >= 0.3 is 12.1 Å². The van der Waals surface area contributed by atoms with Gasteiger partial charge in [0, 0.05) is 6.61 Å². The summed E-state index contributed by atoms with van der Waals surface area (Å²) in [6.45, 7) is 6.02. The van der Waals surface area contributed by atoms with Crippen molar-refractivity contribution < 1.29 is 28.2 Å². The van der Waals surface area contributed by atoms with E-state index in [-0.39, 0.29) is 0 Å². The Morgan fingerprint density at radius 2 is 1.54 bits per heavy atom. The van der Waals surface area contributed by atoms with Crippen molar-refractivity contribution in [2.45, 2.75) is 51.6 Å². The molecule has 7 heteroatoms. The number of benzene rings is 1. The molecular formula is C19H30F3NO3. The van der Waals surface area contributed by atoms with Gasteiger partial charge in [-0.2, -0.15) is 13.2 Å². The predicted molar refractivity (Wildman–Crippen MR) is 96.1 cm³/mol. The highest BCUT2D eigenvalue weighted by Crippen LogP contribution is 2.13. The van der Waals surface area contributed by atoms with Crippen molar-refractivity contribution in [2.24, 2.45) is 0 Å². The van der Waals surface area contributed by atoms with E-state index in [1.165, 1.54) is 37.8 Å². The minimum atomic E-state index is -5.08. The fraction of sp³-hybridized carbons (Fsp3) is 0.632. The maximum absolute atomic E-state index is 10.6. The molecule has 0 aliphatic heterocycles. The minimum Gasteiger partial charge on any atom is -0.475 e. The normalized spacial score (nSPS) is 11.2. The van der Waals surface area contributed by atoms with Gasteiger partial charge < -0.3 is 15.1 Å². The van der Waals surface area contributed by atoms with Crippen molar-refractivity contribution >= 4 is 5.97 Å². The van der Waals surface area contributed by atoms with Crippen LogP contribution in [0.2, 0.25) is 0 Å². The molecule has 0 bridgehead atoms. The second-order valence-electron chi connectivity index (χ2n) is 5.96. The van der Waals surface area contributed by atoms with Crippen LogP contribution in [0, 0.1) is 0 Å². The van der Waals surface area contributed by atoms with Crippen LogP contribution in [-0.2, 0) is 11.2 Å². The van der Waals surface area contributed by atoms with Gasteiger partial charge in [0.1, 0.15) is 0 Å². The first-order chi connectivity index (χ1) is 12.3. The zero-order chi connectivity index (χ0) is 19.8. The number of hydrogen-bond acceptors (Lipinski definition) is 3.